The van der Waals surface area contributed by atoms with Gasteiger partial charge in [-0.3, -0.25) is 14.7 Å². The summed E-state index contributed by atoms with van der Waals surface area (Å²) in [4.78, 5) is 15.2. The maximum absolute atomic E-state index is 13.8. The van der Waals surface area contributed by atoms with E-state index in [1.807, 2.05) is 6.92 Å². The van der Waals surface area contributed by atoms with Gasteiger partial charge in [0.1, 0.15) is 11.5 Å². The lowest BCUT2D eigenvalue weighted by atomic mass is 10.0. The maximum atomic E-state index is 13.8. The summed E-state index contributed by atoms with van der Waals surface area (Å²) in [5, 5.41) is 14.6. The number of alkyl halides is 2. The standard InChI is InChI=1S/C22H25F2N5O4S/c1-14-6-5-11-27(13-14)34(32,33)16-9-10-18(20(12-16)29(30)31)25-15(2)21-26-17-7-3-4-8-19(17)28(21)22(23)24/h3-4,7-10,12,14-15,22,25H,5-6,11,13H2,1-2H3/t14-,15+/m1/s1. The number of aromatic nitrogens is 2. The van der Waals surface area contributed by atoms with Crippen molar-refractivity contribution in [2.24, 2.45) is 5.92 Å². The Kier molecular flexibility index (Phi) is 6.54. The molecule has 0 aliphatic carbocycles. The average Bonchev–Trinajstić information content (AvgIpc) is 3.19. The maximum Gasteiger partial charge on any atom is 0.320 e. The molecule has 1 saturated heterocycles. The largest absolute Gasteiger partial charge is 0.370 e. The molecular weight excluding hydrogens is 468 g/mol. The highest BCUT2D eigenvalue weighted by molar-refractivity contribution is 7.89. The third-order valence-corrected chi connectivity index (χ3v) is 7.86. The SMILES string of the molecule is C[C@@H]1CCCN(S(=O)(=O)c2ccc(N[C@@H](C)c3nc4ccccc4n3C(F)F)c([N+](=O)[O-])c2)C1. The van der Waals surface area contributed by atoms with Crippen LogP contribution in [0.3, 0.4) is 0 Å². The Hall–Kier alpha value is -3.12. The number of hydrogen-bond donors (Lipinski definition) is 1. The van der Waals surface area contributed by atoms with Crippen LogP contribution in [0.25, 0.3) is 11.0 Å². The number of para-hydroxylation sites is 2. The van der Waals surface area contributed by atoms with Crippen molar-refractivity contribution in [3.63, 3.8) is 0 Å². The normalized spacial score (nSPS) is 18.3. The van der Waals surface area contributed by atoms with Crippen LogP contribution in [0.1, 0.15) is 45.1 Å². The Bertz CT molecular complexity index is 1330. The Morgan fingerprint density at radius 3 is 2.65 bits per heavy atom. The molecule has 1 aromatic heterocycles. The van der Waals surface area contributed by atoms with Gasteiger partial charge in [0, 0.05) is 19.2 Å². The number of benzene rings is 2. The van der Waals surface area contributed by atoms with E-state index in [-0.39, 0.29) is 27.8 Å². The molecular formula is C22H25F2N5O4S. The van der Waals surface area contributed by atoms with E-state index in [1.165, 1.54) is 22.5 Å². The first-order chi connectivity index (χ1) is 16.1. The lowest BCUT2D eigenvalue weighted by Gasteiger charge is -2.30. The van der Waals surface area contributed by atoms with Gasteiger partial charge in [0.2, 0.25) is 10.0 Å². The van der Waals surface area contributed by atoms with Gasteiger partial charge in [-0.05, 0) is 49.9 Å². The van der Waals surface area contributed by atoms with E-state index in [9.17, 15) is 27.3 Å². The minimum Gasteiger partial charge on any atom is -0.370 e. The fourth-order valence-electron chi connectivity index (χ4n) is 4.33. The van der Waals surface area contributed by atoms with Gasteiger partial charge in [0.15, 0.2) is 0 Å². The van der Waals surface area contributed by atoms with E-state index < -0.39 is 33.2 Å². The van der Waals surface area contributed by atoms with Gasteiger partial charge in [-0.15, -0.1) is 0 Å². The number of nitrogens with one attached hydrogen (secondary N) is 1. The summed E-state index contributed by atoms with van der Waals surface area (Å²) < 4.78 is 55.9. The third-order valence-electron chi connectivity index (χ3n) is 6.00. The van der Waals surface area contributed by atoms with E-state index >= 15 is 0 Å². The zero-order chi connectivity index (χ0) is 24.6. The predicted molar refractivity (Wildman–Crippen MR) is 123 cm³/mol. The van der Waals surface area contributed by atoms with Gasteiger partial charge in [-0.2, -0.15) is 13.1 Å². The van der Waals surface area contributed by atoms with Crippen LogP contribution in [-0.4, -0.2) is 40.3 Å². The molecule has 0 spiro atoms. The number of imidazole rings is 1. The first-order valence-corrected chi connectivity index (χ1v) is 12.3. The molecule has 1 aliphatic rings. The van der Waals surface area contributed by atoms with E-state index in [1.54, 1.807) is 25.1 Å². The quantitative estimate of drug-likeness (QED) is 0.369. The molecule has 3 aromatic rings. The highest BCUT2D eigenvalue weighted by Crippen LogP contribution is 2.34. The van der Waals surface area contributed by atoms with Crippen LogP contribution in [0.4, 0.5) is 20.2 Å². The van der Waals surface area contributed by atoms with Gasteiger partial charge in [0.05, 0.1) is 26.9 Å². The lowest BCUT2D eigenvalue weighted by Crippen LogP contribution is -2.39. The van der Waals surface area contributed by atoms with Crippen molar-refractivity contribution in [3.8, 4) is 0 Å². The molecule has 0 saturated carbocycles. The Morgan fingerprint density at radius 1 is 1.24 bits per heavy atom. The van der Waals surface area contributed by atoms with E-state index in [0.29, 0.717) is 18.6 Å². The van der Waals surface area contributed by atoms with Crippen molar-refractivity contribution < 1.29 is 22.1 Å². The molecule has 182 valence electrons. The molecule has 1 aliphatic heterocycles. The molecule has 9 nitrogen and oxygen atoms in total. The smallest absolute Gasteiger partial charge is 0.320 e. The Balaban J connectivity index is 1.67. The number of fused-ring (bicyclic) bond motifs is 1. The number of nitrogens with zero attached hydrogens (tertiary/aromatic N) is 4. The summed E-state index contributed by atoms with van der Waals surface area (Å²) in [6.07, 6.45) is 1.65. The van der Waals surface area contributed by atoms with Gasteiger partial charge in [0.25, 0.3) is 5.69 Å². The molecule has 2 atom stereocenters. The molecule has 2 heterocycles. The van der Waals surface area contributed by atoms with Crippen LogP contribution in [0.2, 0.25) is 0 Å². The van der Waals surface area contributed by atoms with Crippen molar-refractivity contribution in [2.75, 3.05) is 18.4 Å². The van der Waals surface area contributed by atoms with Gasteiger partial charge in [-0.25, -0.2) is 13.4 Å². The molecule has 2 aromatic carbocycles. The summed E-state index contributed by atoms with van der Waals surface area (Å²) in [5.41, 5.74) is 0.167. The van der Waals surface area contributed by atoms with Crippen LogP contribution >= 0.6 is 0 Å². The van der Waals surface area contributed by atoms with E-state index in [0.717, 1.165) is 23.5 Å². The average molecular weight is 494 g/mol. The fourth-order valence-corrected chi connectivity index (χ4v) is 5.95. The van der Waals surface area contributed by atoms with Gasteiger partial charge < -0.3 is 5.32 Å². The summed E-state index contributed by atoms with van der Waals surface area (Å²) in [5.74, 6) is 0.207. The van der Waals surface area contributed by atoms with Crippen molar-refractivity contribution >= 4 is 32.4 Å². The zero-order valence-electron chi connectivity index (χ0n) is 18.7. The lowest BCUT2D eigenvalue weighted by molar-refractivity contribution is -0.384. The number of hydrogen-bond acceptors (Lipinski definition) is 6. The number of nitro benzene ring substituents is 1. The van der Waals surface area contributed by atoms with Crippen LogP contribution in [0, 0.1) is 16.0 Å². The van der Waals surface area contributed by atoms with Crippen molar-refractivity contribution in [3.05, 3.63) is 58.4 Å². The molecule has 1 fully saturated rings. The van der Waals surface area contributed by atoms with Crippen LogP contribution in [-0.2, 0) is 10.0 Å². The number of nitro groups is 1. The molecule has 0 radical (unpaired) electrons. The Morgan fingerprint density at radius 2 is 1.97 bits per heavy atom. The van der Waals surface area contributed by atoms with E-state index in [4.69, 9.17) is 0 Å². The number of sulfonamides is 1. The highest BCUT2D eigenvalue weighted by atomic mass is 32.2. The second kappa shape index (κ2) is 9.26. The highest BCUT2D eigenvalue weighted by Gasteiger charge is 2.31. The zero-order valence-corrected chi connectivity index (χ0v) is 19.5. The molecule has 1 N–H and O–H groups in total. The third kappa shape index (κ3) is 4.47. The van der Waals surface area contributed by atoms with Gasteiger partial charge >= 0.3 is 6.55 Å². The Labute approximate surface area is 195 Å². The summed E-state index contributed by atoms with van der Waals surface area (Å²) in [7, 11) is -3.90. The van der Waals surface area contributed by atoms with E-state index in [2.05, 4.69) is 10.3 Å². The van der Waals surface area contributed by atoms with Crippen LogP contribution < -0.4 is 5.32 Å². The van der Waals surface area contributed by atoms with Crippen molar-refractivity contribution in [2.45, 2.75) is 44.2 Å². The number of piperidine rings is 1. The fraction of sp³-hybridized carbons (Fsp3) is 0.409. The minimum absolute atomic E-state index is 0.00417. The molecule has 34 heavy (non-hydrogen) atoms. The summed E-state index contributed by atoms with van der Waals surface area (Å²) in [6.45, 7) is 1.38. The molecule has 12 heteroatoms. The second-order valence-corrected chi connectivity index (χ2v) is 10.5. The monoisotopic (exact) mass is 493 g/mol. The number of rotatable bonds is 7. The molecule has 0 unspecified atom stereocenters. The molecule has 0 amide bonds. The van der Waals surface area contributed by atoms with Crippen LogP contribution in [0.5, 0.6) is 0 Å². The molecule has 0 bridgehead atoms. The second-order valence-electron chi connectivity index (χ2n) is 8.52. The van der Waals surface area contributed by atoms with Crippen molar-refractivity contribution in [1.29, 1.82) is 0 Å². The molecule has 4 rings (SSSR count). The van der Waals surface area contributed by atoms with Gasteiger partial charge in [-0.1, -0.05) is 19.1 Å². The minimum atomic E-state index is -3.90. The number of halogens is 2. The predicted octanol–water partition coefficient (Wildman–Crippen LogP) is 4.93. The number of anilines is 1. The first kappa shape index (κ1) is 24.0. The first-order valence-electron chi connectivity index (χ1n) is 10.9. The summed E-state index contributed by atoms with van der Waals surface area (Å²) >= 11 is 0. The van der Waals surface area contributed by atoms with Crippen molar-refractivity contribution in [1.82, 2.24) is 13.9 Å². The topological polar surface area (TPSA) is 110 Å². The van der Waals surface area contributed by atoms with Crippen LogP contribution in [0.15, 0.2) is 47.4 Å². The summed E-state index contributed by atoms with van der Waals surface area (Å²) in [6, 6.07) is 9.21.